The first-order valence-corrected chi connectivity index (χ1v) is 5.81. The number of nitrogens with one attached hydrogen (secondary N) is 1. The molecule has 16 heavy (non-hydrogen) atoms. The SMILES string of the molecule is CC(N)CCCC(=O)NCCn1cccc1. The molecule has 0 aliphatic rings. The molecule has 0 aromatic carbocycles. The topological polar surface area (TPSA) is 60.1 Å². The van der Waals surface area contributed by atoms with Crippen LogP contribution in [0, 0.1) is 0 Å². The molecule has 1 aromatic heterocycles. The van der Waals surface area contributed by atoms with E-state index in [1.54, 1.807) is 0 Å². The summed E-state index contributed by atoms with van der Waals surface area (Å²) in [5.74, 6) is 0.118. The second kappa shape index (κ2) is 7.06. The second-order valence-electron chi connectivity index (χ2n) is 4.14. The van der Waals surface area contributed by atoms with Crippen LogP contribution in [0.3, 0.4) is 0 Å². The Labute approximate surface area is 96.8 Å². The first-order chi connectivity index (χ1) is 7.68. The third-order valence-electron chi connectivity index (χ3n) is 2.42. The van der Waals surface area contributed by atoms with Crippen molar-refractivity contribution < 1.29 is 4.79 Å². The standard InChI is InChI=1S/C12H21N3O/c1-11(13)5-4-6-12(16)14-7-10-15-8-2-3-9-15/h2-3,8-9,11H,4-7,10,13H2,1H3,(H,14,16). The summed E-state index contributed by atoms with van der Waals surface area (Å²) in [6, 6.07) is 4.14. The molecular weight excluding hydrogens is 202 g/mol. The molecule has 1 aromatic rings. The number of nitrogens with two attached hydrogens (primary N) is 1. The van der Waals surface area contributed by atoms with E-state index in [0.29, 0.717) is 13.0 Å². The second-order valence-corrected chi connectivity index (χ2v) is 4.14. The minimum absolute atomic E-state index is 0.118. The lowest BCUT2D eigenvalue weighted by molar-refractivity contribution is -0.121. The van der Waals surface area contributed by atoms with E-state index >= 15 is 0 Å². The van der Waals surface area contributed by atoms with Crippen molar-refractivity contribution >= 4 is 5.91 Å². The van der Waals surface area contributed by atoms with Gasteiger partial charge in [-0.25, -0.2) is 0 Å². The van der Waals surface area contributed by atoms with Crippen molar-refractivity contribution in [2.75, 3.05) is 6.54 Å². The van der Waals surface area contributed by atoms with Crippen molar-refractivity contribution in [2.24, 2.45) is 5.73 Å². The van der Waals surface area contributed by atoms with E-state index < -0.39 is 0 Å². The number of carbonyl (C=O) groups is 1. The van der Waals surface area contributed by atoms with Crippen LogP contribution in [0.4, 0.5) is 0 Å². The molecule has 1 heterocycles. The average Bonchev–Trinajstić information content (AvgIpc) is 2.70. The van der Waals surface area contributed by atoms with Crippen LogP contribution in [0.15, 0.2) is 24.5 Å². The molecule has 0 saturated heterocycles. The van der Waals surface area contributed by atoms with Crippen LogP contribution < -0.4 is 11.1 Å². The molecule has 0 spiro atoms. The molecular formula is C12H21N3O. The molecule has 4 heteroatoms. The molecule has 0 radical (unpaired) electrons. The van der Waals surface area contributed by atoms with Crippen LogP contribution in [-0.2, 0) is 11.3 Å². The van der Waals surface area contributed by atoms with Gasteiger partial charge in [-0.3, -0.25) is 4.79 Å². The highest BCUT2D eigenvalue weighted by atomic mass is 16.1. The zero-order valence-corrected chi connectivity index (χ0v) is 9.86. The fourth-order valence-electron chi connectivity index (χ4n) is 1.52. The maximum absolute atomic E-state index is 11.4. The van der Waals surface area contributed by atoms with Gasteiger partial charge in [0.1, 0.15) is 0 Å². The van der Waals surface area contributed by atoms with Gasteiger partial charge in [-0.15, -0.1) is 0 Å². The maximum atomic E-state index is 11.4. The molecule has 0 aliphatic heterocycles. The molecule has 90 valence electrons. The van der Waals surface area contributed by atoms with E-state index in [9.17, 15) is 4.79 Å². The van der Waals surface area contributed by atoms with Gasteiger partial charge in [-0.05, 0) is 31.9 Å². The van der Waals surface area contributed by atoms with E-state index in [2.05, 4.69) is 5.32 Å². The Morgan fingerprint density at radius 2 is 2.12 bits per heavy atom. The van der Waals surface area contributed by atoms with E-state index in [1.807, 2.05) is 36.0 Å². The average molecular weight is 223 g/mol. The third-order valence-corrected chi connectivity index (χ3v) is 2.42. The van der Waals surface area contributed by atoms with Gasteiger partial charge in [0, 0.05) is 37.9 Å². The summed E-state index contributed by atoms with van der Waals surface area (Å²) < 4.78 is 2.04. The molecule has 4 nitrogen and oxygen atoms in total. The molecule has 1 rings (SSSR count). The minimum atomic E-state index is 0.118. The van der Waals surface area contributed by atoms with E-state index in [4.69, 9.17) is 5.73 Å². The summed E-state index contributed by atoms with van der Waals surface area (Å²) in [6.45, 7) is 3.47. The number of rotatable bonds is 7. The van der Waals surface area contributed by atoms with Crippen molar-refractivity contribution in [2.45, 2.75) is 38.8 Å². The van der Waals surface area contributed by atoms with Crippen LogP contribution in [-0.4, -0.2) is 23.1 Å². The lowest BCUT2D eigenvalue weighted by Gasteiger charge is -2.07. The maximum Gasteiger partial charge on any atom is 0.220 e. The van der Waals surface area contributed by atoms with Gasteiger partial charge in [0.05, 0.1) is 0 Å². The van der Waals surface area contributed by atoms with Crippen molar-refractivity contribution in [1.82, 2.24) is 9.88 Å². The van der Waals surface area contributed by atoms with E-state index in [0.717, 1.165) is 19.4 Å². The lowest BCUT2D eigenvalue weighted by Crippen LogP contribution is -2.27. The number of amides is 1. The quantitative estimate of drug-likeness (QED) is 0.727. The normalized spacial score (nSPS) is 12.4. The highest BCUT2D eigenvalue weighted by molar-refractivity contribution is 5.75. The van der Waals surface area contributed by atoms with Crippen LogP contribution in [0.25, 0.3) is 0 Å². The third kappa shape index (κ3) is 5.56. The van der Waals surface area contributed by atoms with Crippen LogP contribution in [0.2, 0.25) is 0 Å². The molecule has 1 amide bonds. The first kappa shape index (κ1) is 12.8. The predicted molar refractivity (Wildman–Crippen MR) is 64.9 cm³/mol. The van der Waals surface area contributed by atoms with Gasteiger partial charge < -0.3 is 15.6 Å². The Kier molecular flexibility index (Phi) is 5.64. The highest BCUT2D eigenvalue weighted by Gasteiger charge is 2.01. The van der Waals surface area contributed by atoms with Crippen LogP contribution in [0.5, 0.6) is 0 Å². The summed E-state index contributed by atoms with van der Waals surface area (Å²) in [7, 11) is 0. The largest absolute Gasteiger partial charge is 0.354 e. The van der Waals surface area contributed by atoms with Crippen LogP contribution in [0.1, 0.15) is 26.2 Å². The van der Waals surface area contributed by atoms with Gasteiger partial charge in [-0.1, -0.05) is 0 Å². The van der Waals surface area contributed by atoms with Gasteiger partial charge in [0.25, 0.3) is 0 Å². The number of aromatic nitrogens is 1. The summed E-state index contributed by atoms with van der Waals surface area (Å²) in [4.78, 5) is 11.4. The Morgan fingerprint density at radius 3 is 2.75 bits per heavy atom. The number of carbonyl (C=O) groups excluding carboxylic acids is 1. The zero-order chi connectivity index (χ0) is 11.8. The summed E-state index contributed by atoms with van der Waals surface area (Å²) >= 11 is 0. The molecule has 1 atom stereocenters. The first-order valence-electron chi connectivity index (χ1n) is 5.81. The molecule has 3 N–H and O–H groups in total. The summed E-state index contributed by atoms with van der Waals surface area (Å²) in [5.41, 5.74) is 5.61. The molecule has 0 saturated carbocycles. The Hall–Kier alpha value is -1.29. The van der Waals surface area contributed by atoms with Gasteiger partial charge in [-0.2, -0.15) is 0 Å². The fourth-order valence-corrected chi connectivity index (χ4v) is 1.52. The van der Waals surface area contributed by atoms with E-state index in [-0.39, 0.29) is 11.9 Å². The Balaban J connectivity index is 2.02. The molecule has 0 bridgehead atoms. The molecule has 1 unspecified atom stereocenters. The number of hydrogen-bond acceptors (Lipinski definition) is 2. The number of hydrogen-bond donors (Lipinski definition) is 2. The molecule has 0 aliphatic carbocycles. The predicted octanol–water partition coefficient (Wildman–Crippen LogP) is 1.12. The van der Waals surface area contributed by atoms with Gasteiger partial charge >= 0.3 is 0 Å². The van der Waals surface area contributed by atoms with Gasteiger partial charge in [0.15, 0.2) is 0 Å². The monoisotopic (exact) mass is 223 g/mol. The van der Waals surface area contributed by atoms with Crippen LogP contribution >= 0.6 is 0 Å². The lowest BCUT2D eigenvalue weighted by atomic mass is 10.1. The van der Waals surface area contributed by atoms with Crippen molar-refractivity contribution in [3.05, 3.63) is 24.5 Å². The minimum Gasteiger partial charge on any atom is -0.354 e. The van der Waals surface area contributed by atoms with E-state index in [1.165, 1.54) is 0 Å². The van der Waals surface area contributed by atoms with Crippen molar-refractivity contribution in [1.29, 1.82) is 0 Å². The van der Waals surface area contributed by atoms with Gasteiger partial charge in [0.2, 0.25) is 5.91 Å². The Morgan fingerprint density at radius 1 is 1.44 bits per heavy atom. The fraction of sp³-hybridized carbons (Fsp3) is 0.583. The summed E-state index contributed by atoms with van der Waals surface area (Å²) in [6.07, 6.45) is 6.33. The zero-order valence-electron chi connectivity index (χ0n) is 9.86. The summed E-state index contributed by atoms with van der Waals surface area (Å²) in [5, 5.41) is 2.89. The number of nitrogens with zero attached hydrogens (tertiary/aromatic N) is 1. The van der Waals surface area contributed by atoms with Crippen molar-refractivity contribution in [3.8, 4) is 0 Å². The van der Waals surface area contributed by atoms with Crippen molar-refractivity contribution in [3.63, 3.8) is 0 Å². The molecule has 0 fully saturated rings. The Bertz CT molecular complexity index is 293. The smallest absolute Gasteiger partial charge is 0.220 e. The highest BCUT2D eigenvalue weighted by Crippen LogP contribution is 1.98.